The fraction of sp³-hybridized carbons (Fsp3) is 0.318. The second kappa shape index (κ2) is 11.6. The molecule has 7 nitrogen and oxygen atoms in total. The van der Waals surface area contributed by atoms with Crippen LogP contribution in [0.2, 0.25) is 5.02 Å². The zero-order valence-electron chi connectivity index (χ0n) is 17.3. The van der Waals surface area contributed by atoms with Crippen LogP contribution < -0.4 is 19.9 Å². The zero-order valence-corrected chi connectivity index (χ0v) is 18.9. The number of carbonyl (C=O) groups is 3. The third-order valence-corrected chi connectivity index (χ3v) is 6.06. The van der Waals surface area contributed by atoms with E-state index in [4.69, 9.17) is 21.1 Å². The van der Waals surface area contributed by atoms with Crippen molar-refractivity contribution in [1.29, 1.82) is 0 Å². The number of halogens is 1. The lowest BCUT2D eigenvalue weighted by Gasteiger charge is -2.22. The third-order valence-electron chi connectivity index (χ3n) is 4.44. The van der Waals surface area contributed by atoms with Gasteiger partial charge < -0.3 is 24.7 Å². The molecule has 0 aromatic heterocycles. The molecule has 0 aliphatic heterocycles. The van der Waals surface area contributed by atoms with Gasteiger partial charge >= 0.3 is 0 Å². The Morgan fingerprint density at radius 2 is 1.71 bits per heavy atom. The second-order valence-corrected chi connectivity index (χ2v) is 8.31. The van der Waals surface area contributed by atoms with Crippen molar-refractivity contribution >= 4 is 41.0 Å². The quantitative estimate of drug-likeness (QED) is 0.509. The fourth-order valence-electron chi connectivity index (χ4n) is 2.87. The molecule has 1 amide bonds. The number of methoxy groups -OCH3 is 2. The maximum Gasteiger partial charge on any atom is 0.217 e. The average Bonchev–Trinajstić information content (AvgIpc) is 2.75. The summed E-state index contributed by atoms with van der Waals surface area (Å²) in [6.45, 7) is 1.23. The van der Waals surface area contributed by atoms with Crippen molar-refractivity contribution in [1.82, 2.24) is 5.32 Å². The largest absolute Gasteiger partial charge is 0.548 e. The molecular formula is C22H23ClNO6S-. The maximum atomic E-state index is 13.0. The molecule has 2 atom stereocenters. The molecule has 166 valence electrons. The van der Waals surface area contributed by atoms with Crippen LogP contribution in [0.4, 0.5) is 0 Å². The lowest BCUT2D eigenvalue weighted by molar-refractivity contribution is -0.307. The molecule has 0 bridgehead atoms. The summed E-state index contributed by atoms with van der Waals surface area (Å²) in [6, 6.07) is 10.7. The Morgan fingerprint density at radius 1 is 1.06 bits per heavy atom. The Kier molecular flexibility index (Phi) is 9.21. The summed E-state index contributed by atoms with van der Waals surface area (Å²) >= 11 is 7.22. The molecule has 0 unspecified atom stereocenters. The Labute approximate surface area is 190 Å². The van der Waals surface area contributed by atoms with Gasteiger partial charge in [-0.1, -0.05) is 23.7 Å². The number of rotatable bonds is 11. The van der Waals surface area contributed by atoms with E-state index in [2.05, 4.69) is 5.32 Å². The van der Waals surface area contributed by atoms with E-state index in [1.165, 1.54) is 32.9 Å². The molecule has 0 heterocycles. The van der Waals surface area contributed by atoms with Gasteiger partial charge in [0.15, 0.2) is 17.3 Å². The first-order valence-electron chi connectivity index (χ1n) is 9.35. The van der Waals surface area contributed by atoms with Crippen molar-refractivity contribution in [2.45, 2.75) is 24.6 Å². The highest BCUT2D eigenvalue weighted by Crippen LogP contribution is 2.35. The number of ether oxygens (including phenoxy) is 2. The molecule has 31 heavy (non-hydrogen) atoms. The molecule has 0 aliphatic carbocycles. The van der Waals surface area contributed by atoms with Gasteiger partial charge in [-0.25, -0.2) is 0 Å². The summed E-state index contributed by atoms with van der Waals surface area (Å²) < 4.78 is 10.5. The van der Waals surface area contributed by atoms with Gasteiger partial charge in [0.25, 0.3) is 0 Å². The number of carboxylic acid groups (broad SMARTS) is 1. The van der Waals surface area contributed by atoms with Crippen LogP contribution in [-0.4, -0.2) is 43.7 Å². The zero-order chi connectivity index (χ0) is 23.0. The van der Waals surface area contributed by atoms with Gasteiger partial charge in [-0.05, 0) is 35.9 Å². The summed E-state index contributed by atoms with van der Waals surface area (Å²) in [5.74, 6) is -1.03. The van der Waals surface area contributed by atoms with Crippen molar-refractivity contribution in [2.24, 2.45) is 0 Å². The molecule has 0 spiro atoms. The van der Waals surface area contributed by atoms with Crippen LogP contribution in [0.15, 0.2) is 42.5 Å². The third kappa shape index (κ3) is 7.18. The van der Waals surface area contributed by atoms with Gasteiger partial charge in [0.05, 0.1) is 26.2 Å². The fourth-order valence-corrected chi connectivity index (χ4v) is 4.26. The predicted molar refractivity (Wildman–Crippen MR) is 118 cm³/mol. The van der Waals surface area contributed by atoms with Crippen molar-refractivity contribution in [3.63, 3.8) is 0 Å². The summed E-state index contributed by atoms with van der Waals surface area (Å²) in [6.07, 6.45) is 0.0988. The van der Waals surface area contributed by atoms with Crippen LogP contribution in [0.1, 0.15) is 34.5 Å². The molecule has 9 heteroatoms. The molecule has 0 saturated heterocycles. The van der Waals surface area contributed by atoms with Crippen molar-refractivity contribution in [3.8, 4) is 11.5 Å². The second-order valence-electron chi connectivity index (χ2n) is 6.64. The first-order valence-corrected chi connectivity index (χ1v) is 10.8. The molecule has 2 aromatic rings. The number of ketones is 1. The van der Waals surface area contributed by atoms with Gasteiger partial charge in [-0.15, -0.1) is 0 Å². The number of carboxylic acids is 1. The Bertz CT molecular complexity index is 934. The SMILES string of the molecule is COc1ccc(C(=O)C[C@H](SC[C@@H](NC(C)=O)C(=O)[O-])c2ccc(Cl)cc2)cc1OC. The highest BCUT2D eigenvalue weighted by atomic mass is 35.5. The molecular weight excluding hydrogens is 442 g/mol. The maximum absolute atomic E-state index is 13.0. The highest BCUT2D eigenvalue weighted by Gasteiger charge is 2.22. The summed E-state index contributed by atoms with van der Waals surface area (Å²) in [5, 5.41) is 13.9. The minimum absolute atomic E-state index is 0.0361. The number of carbonyl (C=O) groups excluding carboxylic acids is 3. The topological polar surface area (TPSA) is 105 Å². The Morgan fingerprint density at radius 3 is 2.26 bits per heavy atom. The van der Waals surface area contributed by atoms with Crippen LogP contribution in [0.5, 0.6) is 11.5 Å². The number of nitrogens with one attached hydrogen (secondary N) is 1. The number of amides is 1. The molecule has 0 aliphatic rings. The van der Waals surface area contributed by atoms with Gasteiger partial charge in [0.1, 0.15) is 0 Å². The van der Waals surface area contributed by atoms with Gasteiger partial charge in [0.2, 0.25) is 5.91 Å². The molecule has 0 saturated carbocycles. The highest BCUT2D eigenvalue weighted by molar-refractivity contribution is 7.99. The lowest BCUT2D eigenvalue weighted by Crippen LogP contribution is -2.48. The summed E-state index contributed by atoms with van der Waals surface area (Å²) in [5.41, 5.74) is 1.25. The van der Waals surface area contributed by atoms with E-state index in [-0.39, 0.29) is 23.2 Å². The van der Waals surface area contributed by atoms with Gasteiger partial charge in [-0.2, -0.15) is 11.8 Å². The van der Waals surface area contributed by atoms with E-state index in [1.54, 1.807) is 42.5 Å². The van der Waals surface area contributed by atoms with Crippen LogP contribution in [0, 0.1) is 0 Å². The summed E-state index contributed by atoms with van der Waals surface area (Å²) in [7, 11) is 3.00. The molecule has 2 rings (SSSR count). The van der Waals surface area contributed by atoms with Crippen LogP contribution in [-0.2, 0) is 9.59 Å². The number of thioether (sulfide) groups is 1. The first kappa shape index (κ1) is 24.6. The van der Waals surface area contributed by atoms with E-state index >= 15 is 0 Å². The normalized spacial score (nSPS) is 12.5. The van der Waals surface area contributed by atoms with Gasteiger partial charge in [0, 0.05) is 34.9 Å². The predicted octanol–water partition coefficient (Wildman–Crippen LogP) is 2.66. The van der Waals surface area contributed by atoms with E-state index in [0.29, 0.717) is 22.1 Å². The number of Topliss-reactive ketones (excluding diaryl/α,β-unsaturated/α-hetero) is 1. The Hall–Kier alpha value is -2.71. The minimum atomic E-state index is -1.39. The van der Waals surface area contributed by atoms with Crippen molar-refractivity contribution < 1.29 is 29.0 Å². The van der Waals surface area contributed by atoms with E-state index in [0.717, 1.165) is 5.56 Å². The average molecular weight is 465 g/mol. The molecule has 1 N–H and O–H groups in total. The van der Waals surface area contributed by atoms with Crippen LogP contribution in [0.25, 0.3) is 0 Å². The van der Waals surface area contributed by atoms with Crippen molar-refractivity contribution in [2.75, 3.05) is 20.0 Å². The number of benzene rings is 2. The van der Waals surface area contributed by atoms with Crippen LogP contribution in [0.3, 0.4) is 0 Å². The Balaban J connectivity index is 2.24. The van der Waals surface area contributed by atoms with E-state index in [9.17, 15) is 19.5 Å². The number of aliphatic carboxylic acids is 1. The summed E-state index contributed by atoms with van der Waals surface area (Å²) in [4.78, 5) is 35.6. The minimum Gasteiger partial charge on any atom is -0.548 e. The molecule has 0 fully saturated rings. The molecule has 2 aromatic carbocycles. The number of hydrogen-bond donors (Lipinski definition) is 1. The van der Waals surface area contributed by atoms with E-state index in [1.807, 2.05) is 0 Å². The lowest BCUT2D eigenvalue weighted by atomic mass is 10.0. The standard InChI is InChI=1S/C22H24ClNO6S/c1-13(25)24-17(22(27)28)12-31-21(14-4-7-16(23)8-5-14)11-18(26)15-6-9-19(29-2)20(10-15)30-3/h4-10,17,21H,11-12H2,1-3H3,(H,24,25)(H,27,28)/p-1/t17-,21+/m1/s1. The molecule has 0 radical (unpaired) electrons. The number of hydrogen-bond acceptors (Lipinski definition) is 7. The first-order chi connectivity index (χ1) is 14.7. The van der Waals surface area contributed by atoms with Crippen LogP contribution >= 0.6 is 23.4 Å². The van der Waals surface area contributed by atoms with E-state index < -0.39 is 17.9 Å². The smallest absolute Gasteiger partial charge is 0.217 e. The monoisotopic (exact) mass is 464 g/mol. The van der Waals surface area contributed by atoms with Gasteiger partial charge in [-0.3, -0.25) is 9.59 Å². The van der Waals surface area contributed by atoms with Crippen molar-refractivity contribution in [3.05, 3.63) is 58.6 Å².